The van der Waals surface area contributed by atoms with Crippen LogP contribution in [-0.2, 0) is 9.57 Å². The molecule has 3 nitrogen and oxygen atoms in total. The number of fused-ring (bicyclic) bond motifs is 1. The highest BCUT2D eigenvalue weighted by molar-refractivity contribution is 5.47. The molecule has 18 heavy (non-hydrogen) atoms. The first kappa shape index (κ1) is 11.9. The van der Waals surface area contributed by atoms with E-state index in [2.05, 4.69) is 0 Å². The number of ether oxygens (including phenoxy) is 1. The van der Waals surface area contributed by atoms with Crippen molar-refractivity contribution in [3.8, 4) is 0 Å². The molecule has 3 atom stereocenters. The van der Waals surface area contributed by atoms with Gasteiger partial charge >= 0.3 is 0 Å². The lowest BCUT2D eigenvalue weighted by atomic mass is 9.84. The molecule has 2 fully saturated rings. The minimum Gasteiger partial charge on any atom is -0.381 e. The second kappa shape index (κ2) is 4.86. The maximum Gasteiger partial charge on any atom is 0.148 e. The molecule has 0 aromatic heterocycles. The number of para-hydroxylation sites is 1. The van der Waals surface area contributed by atoms with Gasteiger partial charge in [0.1, 0.15) is 5.82 Å². The maximum absolute atomic E-state index is 13.8. The predicted molar refractivity (Wildman–Crippen MR) is 66.8 cm³/mol. The smallest absolute Gasteiger partial charge is 0.148 e. The molecule has 2 aliphatic rings. The van der Waals surface area contributed by atoms with Crippen molar-refractivity contribution in [1.82, 2.24) is 0 Å². The number of rotatable bonds is 2. The summed E-state index contributed by atoms with van der Waals surface area (Å²) in [6.45, 7) is 0.690. The molecule has 0 N–H and O–H groups in total. The molecule has 1 saturated carbocycles. The number of hydroxylamine groups is 1. The van der Waals surface area contributed by atoms with Crippen LogP contribution in [0.1, 0.15) is 19.3 Å². The lowest BCUT2D eigenvalue weighted by Crippen LogP contribution is -2.39. The summed E-state index contributed by atoms with van der Waals surface area (Å²) in [7, 11) is 1.74. The number of halogens is 1. The number of benzene rings is 1. The topological polar surface area (TPSA) is 21.7 Å². The lowest BCUT2D eigenvalue weighted by Gasteiger charge is -2.34. The Kier molecular flexibility index (Phi) is 3.22. The zero-order valence-corrected chi connectivity index (χ0v) is 10.5. The first-order chi connectivity index (χ1) is 8.79. The Bertz CT molecular complexity index is 426. The van der Waals surface area contributed by atoms with Crippen molar-refractivity contribution in [1.29, 1.82) is 0 Å². The van der Waals surface area contributed by atoms with Crippen molar-refractivity contribution in [2.45, 2.75) is 31.4 Å². The first-order valence-corrected chi connectivity index (χ1v) is 6.49. The molecular weight excluding hydrogens is 233 g/mol. The van der Waals surface area contributed by atoms with Crippen molar-refractivity contribution in [3.05, 3.63) is 30.1 Å². The van der Waals surface area contributed by atoms with E-state index in [1.807, 2.05) is 6.07 Å². The van der Waals surface area contributed by atoms with Gasteiger partial charge in [-0.2, -0.15) is 0 Å². The van der Waals surface area contributed by atoms with Gasteiger partial charge in [0.05, 0.1) is 24.4 Å². The Hall–Kier alpha value is -1.13. The Labute approximate surface area is 106 Å². The highest BCUT2D eigenvalue weighted by Crippen LogP contribution is 2.38. The summed E-state index contributed by atoms with van der Waals surface area (Å²) in [4.78, 5) is 5.70. The van der Waals surface area contributed by atoms with E-state index >= 15 is 0 Å². The standard InChI is InChI=1S/C14H18FNO2/c1-17-11-7-6-10-9-18-16(14(10)8-11)13-5-3-2-4-12(13)15/h2-5,10-11,14H,6-9H2,1H3. The van der Waals surface area contributed by atoms with Crippen molar-refractivity contribution in [2.24, 2.45) is 5.92 Å². The van der Waals surface area contributed by atoms with Crippen LogP contribution in [0.5, 0.6) is 0 Å². The van der Waals surface area contributed by atoms with E-state index in [9.17, 15) is 4.39 Å². The molecular formula is C14H18FNO2. The number of hydrogen-bond donors (Lipinski definition) is 0. The number of hydrogen-bond acceptors (Lipinski definition) is 3. The van der Waals surface area contributed by atoms with Gasteiger partial charge in [-0.15, -0.1) is 0 Å². The van der Waals surface area contributed by atoms with Crippen LogP contribution in [0.4, 0.5) is 10.1 Å². The van der Waals surface area contributed by atoms with Gasteiger partial charge in [0.25, 0.3) is 0 Å². The molecule has 3 unspecified atom stereocenters. The van der Waals surface area contributed by atoms with E-state index < -0.39 is 0 Å². The largest absolute Gasteiger partial charge is 0.381 e. The third-order valence-corrected chi connectivity index (χ3v) is 4.06. The second-order valence-corrected chi connectivity index (χ2v) is 5.07. The molecule has 1 aliphatic heterocycles. The molecule has 3 rings (SSSR count). The monoisotopic (exact) mass is 251 g/mol. The molecule has 98 valence electrons. The Morgan fingerprint density at radius 3 is 2.94 bits per heavy atom. The summed E-state index contributed by atoms with van der Waals surface area (Å²) in [5.74, 6) is 0.272. The van der Waals surface area contributed by atoms with Crippen LogP contribution < -0.4 is 5.06 Å². The summed E-state index contributed by atoms with van der Waals surface area (Å²) < 4.78 is 19.3. The van der Waals surface area contributed by atoms with Crippen LogP contribution in [0.25, 0.3) is 0 Å². The van der Waals surface area contributed by atoms with Crippen molar-refractivity contribution < 1.29 is 14.0 Å². The molecule has 0 radical (unpaired) electrons. The molecule has 0 amide bonds. The van der Waals surface area contributed by atoms with Crippen LogP contribution in [0.2, 0.25) is 0 Å². The van der Waals surface area contributed by atoms with Gasteiger partial charge in [0, 0.05) is 13.0 Å². The van der Waals surface area contributed by atoms with Gasteiger partial charge in [-0.1, -0.05) is 12.1 Å². The molecule has 1 aromatic rings. The molecule has 4 heteroatoms. The van der Waals surface area contributed by atoms with Crippen LogP contribution in [-0.4, -0.2) is 25.9 Å². The van der Waals surface area contributed by atoms with Gasteiger partial charge in [-0.3, -0.25) is 4.84 Å². The third-order valence-electron chi connectivity index (χ3n) is 4.06. The Balaban J connectivity index is 1.83. The number of nitrogens with zero attached hydrogens (tertiary/aromatic N) is 1. The molecule has 1 aliphatic carbocycles. The summed E-state index contributed by atoms with van der Waals surface area (Å²) in [5.41, 5.74) is 0.543. The summed E-state index contributed by atoms with van der Waals surface area (Å²) in [6, 6.07) is 7.02. The molecule has 1 heterocycles. The average molecular weight is 251 g/mol. The molecule has 0 bridgehead atoms. The van der Waals surface area contributed by atoms with Gasteiger partial charge in [0.2, 0.25) is 0 Å². The minimum absolute atomic E-state index is 0.224. The average Bonchev–Trinajstić information content (AvgIpc) is 2.82. The maximum atomic E-state index is 13.8. The molecule has 0 spiro atoms. The van der Waals surface area contributed by atoms with Crippen LogP contribution in [0.3, 0.4) is 0 Å². The van der Waals surface area contributed by atoms with Crippen LogP contribution in [0, 0.1) is 11.7 Å². The van der Waals surface area contributed by atoms with E-state index in [0.29, 0.717) is 18.2 Å². The second-order valence-electron chi connectivity index (χ2n) is 5.07. The van der Waals surface area contributed by atoms with E-state index in [1.165, 1.54) is 6.07 Å². The van der Waals surface area contributed by atoms with E-state index in [4.69, 9.17) is 9.57 Å². The number of methoxy groups -OCH3 is 1. The van der Waals surface area contributed by atoms with Crippen LogP contribution >= 0.6 is 0 Å². The van der Waals surface area contributed by atoms with Crippen molar-refractivity contribution >= 4 is 5.69 Å². The molecule has 1 saturated heterocycles. The SMILES string of the molecule is COC1CCC2CON(c3ccccc3F)C2C1. The lowest BCUT2D eigenvalue weighted by molar-refractivity contribution is 0.0535. The fraction of sp³-hybridized carbons (Fsp3) is 0.571. The summed E-state index contributed by atoms with van der Waals surface area (Å²) in [6.07, 6.45) is 3.35. The van der Waals surface area contributed by atoms with Crippen LogP contribution in [0.15, 0.2) is 24.3 Å². The fourth-order valence-electron chi connectivity index (χ4n) is 3.02. The Morgan fingerprint density at radius 2 is 2.17 bits per heavy atom. The van der Waals surface area contributed by atoms with Gasteiger partial charge in [0.15, 0.2) is 0 Å². The normalized spacial score (nSPS) is 31.4. The molecule has 1 aromatic carbocycles. The zero-order valence-electron chi connectivity index (χ0n) is 10.5. The summed E-state index contributed by atoms with van der Waals surface area (Å²) >= 11 is 0. The minimum atomic E-state index is -0.224. The van der Waals surface area contributed by atoms with Crippen molar-refractivity contribution in [3.63, 3.8) is 0 Å². The highest BCUT2D eigenvalue weighted by atomic mass is 19.1. The first-order valence-electron chi connectivity index (χ1n) is 6.49. The fourth-order valence-corrected chi connectivity index (χ4v) is 3.02. The van der Waals surface area contributed by atoms with Gasteiger partial charge in [-0.05, 0) is 31.4 Å². The zero-order chi connectivity index (χ0) is 12.5. The van der Waals surface area contributed by atoms with Crippen molar-refractivity contribution in [2.75, 3.05) is 18.8 Å². The summed E-state index contributed by atoms with van der Waals surface area (Å²) in [5, 5.41) is 1.76. The Morgan fingerprint density at radius 1 is 1.33 bits per heavy atom. The predicted octanol–water partition coefficient (Wildman–Crippen LogP) is 2.76. The third kappa shape index (κ3) is 1.99. The number of anilines is 1. The van der Waals surface area contributed by atoms with E-state index in [0.717, 1.165) is 19.3 Å². The van der Waals surface area contributed by atoms with E-state index in [1.54, 1.807) is 24.3 Å². The highest BCUT2D eigenvalue weighted by Gasteiger charge is 2.41. The quantitative estimate of drug-likeness (QED) is 0.806. The van der Waals surface area contributed by atoms with Gasteiger partial charge < -0.3 is 4.74 Å². The van der Waals surface area contributed by atoms with Gasteiger partial charge in [-0.25, -0.2) is 9.45 Å². The van der Waals surface area contributed by atoms with E-state index in [-0.39, 0.29) is 18.0 Å².